The van der Waals surface area contributed by atoms with Crippen LogP contribution in [0, 0.1) is 0 Å². The SMILES string of the molecule is COC(=O)CCCCCCCCCCN1/C(=C\C=C\C2=[N+](CCCCCCCCCCC(=O)OC)c3ccc4c(S(=O)(=O)O)cccc4c3C2(C)C)C(C)(C)c2c1ccc1c(S(=O)(=O)O)cccc21.[Br-]. The summed E-state index contributed by atoms with van der Waals surface area (Å²) < 4.78 is 82.6. The molecule has 0 saturated heterocycles. The number of methoxy groups -OCH3 is 2. The molecule has 4 aromatic rings. The van der Waals surface area contributed by atoms with Crippen LogP contribution in [-0.2, 0) is 50.1 Å². The molecule has 0 spiro atoms. The topological polar surface area (TPSA) is 168 Å². The molecule has 0 atom stereocenters. The minimum atomic E-state index is -4.48. The van der Waals surface area contributed by atoms with Crippen LogP contribution < -0.4 is 21.9 Å². The third kappa shape index (κ3) is 13.2. The van der Waals surface area contributed by atoms with Gasteiger partial charge in [-0.05, 0) is 86.2 Å². The number of ether oxygens (including phenoxy) is 2. The van der Waals surface area contributed by atoms with Crippen molar-refractivity contribution in [1.29, 1.82) is 0 Å². The highest BCUT2D eigenvalue weighted by Crippen LogP contribution is 2.52. The number of hydrogen-bond acceptors (Lipinski definition) is 9. The summed E-state index contributed by atoms with van der Waals surface area (Å²) in [7, 11) is -6.10. The van der Waals surface area contributed by atoms with E-state index in [0.717, 1.165) is 161 Å². The Bertz CT molecular complexity index is 2830. The number of carbonyl (C=O) groups is 2. The fourth-order valence-corrected chi connectivity index (χ4v) is 12.2. The van der Waals surface area contributed by atoms with Gasteiger partial charge in [-0.2, -0.15) is 21.4 Å². The monoisotopic (exact) mass is 1060 g/mol. The summed E-state index contributed by atoms with van der Waals surface area (Å²) in [5.41, 5.74) is 5.05. The average molecular weight is 1070 g/mol. The van der Waals surface area contributed by atoms with Gasteiger partial charge in [-0.3, -0.25) is 18.7 Å². The van der Waals surface area contributed by atoms with Crippen LogP contribution in [0.5, 0.6) is 0 Å². The van der Waals surface area contributed by atoms with E-state index in [4.69, 9.17) is 9.47 Å². The van der Waals surface area contributed by atoms with Crippen LogP contribution in [0.25, 0.3) is 21.5 Å². The number of esters is 2. The summed E-state index contributed by atoms with van der Waals surface area (Å²) in [6.07, 6.45) is 23.9. The van der Waals surface area contributed by atoms with Gasteiger partial charge in [0.2, 0.25) is 5.69 Å². The van der Waals surface area contributed by atoms with Gasteiger partial charge in [0.15, 0.2) is 5.71 Å². The molecule has 2 aliphatic rings. The Kier molecular flexibility index (Phi) is 20.0. The number of allylic oxidation sites excluding steroid dienone is 4. The van der Waals surface area contributed by atoms with Crippen molar-refractivity contribution >= 4 is 70.8 Å². The highest BCUT2D eigenvalue weighted by atomic mass is 79.9. The molecule has 2 N–H and O–H groups in total. The Hall–Kier alpha value is -4.41. The summed E-state index contributed by atoms with van der Waals surface area (Å²) in [4.78, 5) is 25.1. The third-order valence-corrected chi connectivity index (χ3v) is 16.1. The molecule has 0 fully saturated rings. The van der Waals surface area contributed by atoms with Crippen LogP contribution in [0.4, 0.5) is 11.4 Å². The van der Waals surface area contributed by atoms with Gasteiger partial charge in [-0.25, -0.2) is 0 Å². The van der Waals surface area contributed by atoms with Crippen molar-refractivity contribution in [3.05, 3.63) is 95.7 Å². The number of halogens is 1. The lowest BCUT2D eigenvalue weighted by Crippen LogP contribution is -3.00. The zero-order valence-electron chi connectivity index (χ0n) is 41.9. The van der Waals surface area contributed by atoms with E-state index in [1.807, 2.05) is 24.3 Å². The molecule has 2 heterocycles. The van der Waals surface area contributed by atoms with Crippen molar-refractivity contribution in [1.82, 2.24) is 0 Å². The van der Waals surface area contributed by atoms with Crippen molar-refractivity contribution in [3.8, 4) is 0 Å². The molecule has 0 unspecified atom stereocenters. The Labute approximate surface area is 426 Å². The molecule has 6 rings (SSSR count). The van der Waals surface area contributed by atoms with Gasteiger partial charge in [0, 0.05) is 71.1 Å². The Balaban J connectivity index is 0.00000913. The maximum absolute atomic E-state index is 12.6. The van der Waals surface area contributed by atoms with Crippen LogP contribution in [0.3, 0.4) is 0 Å². The first kappa shape index (κ1) is 56.5. The first-order chi connectivity index (χ1) is 32.8. The molecule has 0 bridgehead atoms. The maximum Gasteiger partial charge on any atom is 0.305 e. The number of rotatable bonds is 26. The minimum Gasteiger partial charge on any atom is -1.00 e. The molecule has 70 heavy (non-hydrogen) atoms. The highest BCUT2D eigenvalue weighted by molar-refractivity contribution is 7.86. The first-order valence-electron chi connectivity index (χ1n) is 24.9. The normalized spacial score (nSPS) is 15.8. The predicted molar refractivity (Wildman–Crippen MR) is 275 cm³/mol. The summed E-state index contributed by atoms with van der Waals surface area (Å²) in [5.74, 6) is -0.315. The number of nitrogens with zero attached hydrogens (tertiary/aromatic N) is 2. The highest BCUT2D eigenvalue weighted by Gasteiger charge is 2.46. The second-order valence-corrected chi connectivity index (χ2v) is 22.5. The molecule has 0 amide bonds. The van der Waals surface area contributed by atoms with Gasteiger partial charge in [-0.1, -0.05) is 121 Å². The number of benzene rings is 4. The van der Waals surface area contributed by atoms with E-state index >= 15 is 0 Å². The maximum atomic E-state index is 12.6. The van der Waals surface area contributed by atoms with E-state index in [1.165, 1.54) is 26.4 Å². The van der Waals surface area contributed by atoms with E-state index in [1.54, 1.807) is 24.3 Å². The second kappa shape index (κ2) is 24.8. The number of unbranched alkanes of at least 4 members (excludes halogenated alkanes) is 14. The lowest BCUT2D eigenvalue weighted by Gasteiger charge is -2.27. The van der Waals surface area contributed by atoms with Crippen molar-refractivity contribution in [2.24, 2.45) is 0 Å². The lowest BCUT2D eigenvalue weighted by atomic mass is 9.79. The Morgan fingerprint density at radius 1 is 0.586 bits per heavy atom. The van der Waals surface area contributed by atoms with Gasteiger partial charge in [0.1, 0.15) is 16.3 Å². The van der Waals surface area contributed by atoms with Crippen molar-refractivity contribution in [2.45, 2.75) is 164 Å². The fraction of sp³-hybridized carbons (Fsp3) is 0.509. The molecular weight excluding hydrogens is 993 g/mol. The Morgan fingerprint density at radius 2 is 1.04 bits per heavy atom. The van der Waals surface area contributed by atoms with E-state index in [2.05, 4.69) is 55.4 Å². The van der Waals surface area contributed by atoms with Crippen molar-refractivity contribution in [3.63, 3.8) is 0 Å². The van der Waals surface area contributed by atoms with Crippen LogP contribution >= 0.6 is 0 Å². The quantitative estimate of drug-likeness (QED) is 0.0266. The van der Waals surface area contributed by atoms with Gasteiger partial charge in [0.25, 0.3) is 20.2 Å². The fourth-order valence-electron chi connectivity index (χ4n) is 10.8. The van der Waals surface area contributed by atoms with Crippen LogP contribution in [0.2, 0.25) is 0 Å². The summed E-state index contributed by atoms with van der Waals surface area (Å²) in [6, 6.07) is 17.7. The smallest absolute Gasteiger partial charge is 0.305 e. The molecule has 0 aromatic heterocycles. The molecule has 4 aromatic carbocycles. The van der Waals surface area contributed by atoms with E-state index in [-0.39, 0.29) is 38.7 Å². The number of hydrogen-bond donors (Lipinski definition) is 2. The minimum absolute atomic E-state index is 0. The van der Waals surface area contributed by atoms with Crippen LogP contribution in [0.1, 0.15) is 154 Å². The van der Waals surface area contributed by atoms with Gasteiger partial charge < -0.3 is 31.4 Å². The van der Waals surface area contributed by atoms with Crippen molar-refractivity contribution < 1.29 is 66.6 Å². The summed E-state index contributed by atoms with van der Waals surface area (Å²) >= 11 is 0. The third-order valence-electron chi connectivity index (χ3n) is 14.2. The zero-order valence-corrected chi connectivity index (χ0v) is 45.1. The number of fused-ring (bicyclic) bond motifs is 6. The average Bonchev–Trinajstić information content (AvgIpc) is 3.66. The second-order valence-electron chi connectivity index (χ2n) is 19.7. The molecule has 15 heteroatoms. The molecule has 0 aliphatic carbocycles. The van der Waals surface area contributed by atoms with E-state index in [9.17, 15) is 35.5 Å². The molecule has 0 saturated carbocycles. The molecular formula is C55H73BrN2O10S2. The van der Waals surface area contributed by atoms with E-state index in [0.29, 0.717) is 23.6 Å². The molecule has 0 radical (unpaired) electrons. The van der Waals surface area contributed by atoms with E-state index < -0.39 is 31.1 Å². The molecule has 382 valence electrons. The van der Waals surface area contributed by atoms with Gasteiger partial charge in [-0.15, -0.1) is 0 Å². The van der Waals surface area contributed by atoms with Gasteiger partial charge >= 0.3 is 11.9 Å². The van der Waals surface area contributed by atoms with Crippen molar-refractivity contribution in [2.75, 3.05) is 32.2 Å². The zero-order chi connectivity index (χ0) is 50.0. The standard InChI is InChI=1S/C55H72N2O10S2.BrH/c1-54(2)48(56(38-21-17-13-9-7-11-15-19-32-50(58)66-5)44-36-34-40-42(52(44)54)26-23-28-46(40)68(60,61)62)30-25-31-49-55(3,4)53-43-27-24-29-47(69(63,64)65)41(43)35-37-45(53)57(49)39-22-18-14-10-8-12-16-20-33-51(59)67-6;/h23-31,34-37H,7-22,32-33,38-39H2,1-6H3,(H-,60,61,62,63,64,65);1H. The Morgan fingerprint density at radius 3 is 1.54 bits per heavy atom. The largest absolute Gasteiger partial charge is 1.00 e. The van der Waals surface area contributed by atoms with Crippen LogP contribution in [0.15, 0.2) is 94.4 Å². The van der Waals surface area contributed by atoms with Crippen LogP contribution in [-0.4, -0.2) is 75.5 Å². The predicted octanol–water partition coefficient (Wildman–Crippen LogP) is 9.47. The number of carbonyl (C=O) groups excluding carboxylic acids is 2. The number of anilines is 1. The molecule has 12 nitrogen and oxygen atoms in total. The summed E-state index contributed by atoms with van der Waals surface area (Å²) in [5, 5.41) is 2.51. The first-order valence-corrected chi connectivity index (χ1v) is 27.7. The summed E-state index contributed by atoms with van der Waals surface area (Å²) in [6.45, 7) is 10.2. The molecule has 2 aliphatic heterocycles. The lowest BCUT2D eigenvalue weighted by molar-refractivity contribution is -0.438. The van der Waals surface area contributed by atoms with Gasteiger partial charge in [0.05, 0.1) is 19.6 Å².